The Labute approximate surface area is 179 Å². The molecule has 0 saturated carbocycles. The third kappa shape index (κ3) is 4.64. The summed E-state index contributed by atoms with van der Waals surface area (Å²) in [6.07, 6.45) is -0.404. The van der Waals surface area contributed by atoms with Crippen molar-refractivity contribution in [3.8, 4) is 0 Å². The Morgan fingerprint density at radius 2 is 2.00 bits per heavy atom. The van der Waals surface area contributed by atoms with Crippen LogP contribution in [0.15, 0.2) is 42.5 Å². The minimum atomic E-state index is -0.648. The van der Waals surface area contributed by atoms with E-state index in [4.69, 9.17) is 16.3 Å². The molecule has 3 heterocycles. The molecule has 2 amide bonds. The minimum Gasteiger partial charge on any atom is -0.371 e. The Balaban J connectivity index is 1.36. The van der Waals surface area contributed by atoms with Crippen LogP contribution in [0.1, 0.15) is 17.4 Å². The number of hydrogen-bond acceptors (Lipinski definition) is 5. The van der Waals surface area contributed by atoms with E-state index >= 15 is 0 Å². The predicted octanol–water partition coefficient (Wildman–Crippen LogP) is 2.52. The third-order valence-electron chi connectivity index (χ3n) is 5.45. The number of halogens is 1. The van der Waals surface area contributed by atoms with Crippen molar-refractivity contribution in [2.45, 2.75) is 38.3 Å². The second kappa shape index (κ2) is 8.83. The third-order valence-corrected chi connectivity index (χ3v) is 6.66. The molecule has 0 radical (unpaired) electrons. The molecule has 0 unspecified atom stereocenters. The van der Waals surface area contributed by atoms with Gasteiger partial charge >= 0.3 is 0 Å². The lowest BCUT2D eigenvalue weighted by Crippen LogP contribution is -2.71. The van der Waals surface area contributed by atoms with Gasteiger partial charge in [0.25, 0.3) is 0 Å². The van der Waals surface area contributed by atoms with E-state index in [1.807, 2.05) is 49.4 Å². The molecule has 8 heteroatoms. The van der Waals surface area contributed by atoms with Crippen molar-refractivity contribution in [3.05, 3.63) is 57.2 Å². The maximum absolute atomic E-state index is 13.0. The number of hydrogen-bond donors (Lipinski definition) is 1. The van der Waals surface area contributed by atoms with Crippen molar-refractivity contribution in [3.63, 3.8) is 0 Å². The van der Waals surface area contributed by atoms with Gasteiger partial charge in [-0.2, -0.15) is 0 Å². The van der Waals surface area contributed by atoms with Gasteiger partial charge in [0.05, 0.1) is 17.0 Å². The largest absolute Gasteiger partial charge is 0.371 e. The van der Waals surface area contributed by atoms with Gasteiger partial charge in [-0.05, 0) is 24.6 Å². The van der Waals surface area contributed by atoms with Crippen LogP contribution in [0.5, 0.6) is 0 Å². The van der Waals surface area contributed by atoms with Gasteiger partial charge in [-0.25, -0.2) is 0 Å². The number of rotatable bonds is 6. The highest BCUT2D eigenvalue weighted by molar-refractivity contribution is 7.16. The number of carbonyl (C=O) groups is 2. The molecule has 6 nitrogen and oxygen atoms in total. The van der Waals surface area contributed by atoms with E-state index in [9.17, 15) is 9.59 Å². The maximum atomic E-state index is 13.0. The van der Waals surface area contributed by atoms with Crippen LogP contribution in [0.3, 0.4) is 0 Å². The van der Waals surface area contributed by atoms with E-state index in [-0.39, 0.29) is 11.8 Å². The van der Waals surface area contributed by atoms with Gasteiger partial charge < -0.3 is 15.0 Å². The number of nitrogens with one attached hydrogen (secondary N) is 1. The molecule has 1 aromatic heterocycles. The Morgan fingerprint density at radius 3 is 2.72 bits per heavy atom. The first-order chi connectivity index (χ1) is 14.0. The first kappa shape index (κ1) is 20.3. The molecule has 2 aromatic rings. The van der Waals surface area contributed by atoms with Gasteiger partial charge in [0.15, 0.2) is 0 Å². The monoisotopic (exact) mass is 433 g/mol. The summed E-state index contributed by atoms with van der Waals surface area (Å²) in [6.45, 7) is 4.78. The molecule has 0 aliphatic carbocycles. The topological polar surface area (TPSA) is 61.9 Å². The summed E-state index contributed by atoms with van der Waals surface area (Å²) in [5.74, 6) is -0.173. The summed E-state index contributed by atoms with van der Waals surface area (Å²) in [6, 6.07) is 12.6. The molecule has 2 aliphatic rings. The van der Waals surface area contributed by atoms with E-state index in [0.717, 1.165) is 27.9 Å². The number of carbonyl (C=O) groups excluding carboxylic acids is 2. The van der Waals surface area contributed by atoms with E-state index < -0.39 is 18.2 Å². The lowest BCUT2D eigenvalue weighted by atomic mass is 10.0. The van der Waals surface area contributed by atoms with Crippen LogP contribution in [0.2, 0.25) is 4.34 Å². The lowest BCUT2D eigenvalue weighted by molar-refractivity contribution is -0.157. The first-order valence-corrected chi connectivity index (χ1v) is 10.9. The van der Waals surface area contributed by atoms with Gasteiger partial charge in [0, 0.05) is 31.1 Å². The number of piperazine rings is 2. The molecular formula is C21H24ClN3O3S. The summed E-state index contributed by atoms with van der Waals surface area (Å²) < 4.78 is 6.65. The minimum absolute atomic E-state index is 0.0611. The van der Waals surface area contributed by atoms with Gasteiger partial charge in [-0.1, -0.05) is 41.9 Å². The summed E-state index contributed by atoms with van der Waals surface area (Å²) in [5.41, 5.74) is 1.04. The molecule has 2 saturated heterocycles. The van der Waals surface area contributed by atoms with Crippen LogP contribution in [0.4, 0.5) is 0 Å². The van der Waals surface area contributed by atoms with Gasteiger partial charge in [0.2, 0.25) is 11.8 Å². The highest BCUT2D eigenvalue weighted by Gasteiger charge is 2.45. The van der Waals surface area contributed by atoms with E-state index in [1.165, 1.54) is 0 Å². The Bertz CT molecular complexity index is 875. The summed E-state index contributed by atoms with van der Waals surface area (Å²) >= 11 is 7.56. The fourth-order valence-electron chi connectivity index (χ4n) is 3.83. The van der Waals surface area contributed by atoms with Crippen LogP contribution in [-0.4, -0.2) is 59.4 Å². The lowest BCUT2D eigenvalue weighted by Gasteiger charge is -2.46. The number of fused-ring (bicyclic) bond motifs is 1. The van der Waals surface area contributed by atoms with E-state index in [2.05, 4.69) is 10.2 Å². The second-order valence-electron chi connectivity index (χ2n) is 7.48. The van der Waals surface area contributed by atoms with Crippen molar-refractivity contribution < 1.29 is 14.3 Å². The fraction of sp³-hybridized carbons (Fsp3) is 0.429. The number of amides is 2. The van der Waals surface area contributed by atoms with E-state index in [1.54, 1.807) is 16.2 Å². The molecule has 4 rings (SSSR count). The van der Waals surface area contributed by atoms with Crippen molar-refractivity contribution in [1.29, 1.82) is 0 Å². The molecule has 2 aliphatic heterocycles. The molecule has 0 bridgehead atoms. The molecule has 1 aromatic carbocycles. The van der Waals surface area contributed by atoms with Crippen LogP contribution >= 0.6 is 22.9 Å². The molecule has 154 valence electrons. The Morgan fingerprint density at radius 1 is 1.21 bits per heavy atom. The Kier molecular flexibility index (Phi) is 6.20. The zero-order chi connectivity index (χ0) is 20.4. The second-order valence-corrected chi connectivity index (χ2v) is 9.28. The van der Waals surface area contributed by atoms with Crippen LogP contribution in [-0.2, 0) is 27.5 Å². The van der Waals surface area contributed by atoms with Crippen LogP contribution < -0.4 is 5.32 Å². The molecule has 0 spiro atoms. The first-order valence-electron chi connectivity index (χ1n) is 9.74. The SMILES string of the molecule is C[C@@H](OCc1ccccc1)[C@@H]1NC(=O)[C@H]2CN(Cc3ccc(Cl)s3)CCN2C1=O. The zero-order valence-electron chi connectivity index (χ0n) is 16.2. The van der Waals surface area contributed by atoms with Gasteiger partial charge in [-0.3, -0.25) is 14.5 Å². The fourth-order valence-corrected chi connectivity index (χ4v) is 4.96. The standard InChI is InChI=1S/C21H24ClN3O3S/c1-14(28-13-15-5-3-2-4-6-15)19-21(27)25-10-9-24(12-17(25)20(26)23-19)11-16-7-8-18(22)29-16/h2-8,14,17,19H,9-13H2,1H3,(H,23,26)/t14-,17-,19+/m1/s1. The molecule has 3 atom stereocenters. The number of benzene rings is 1. The smallest absolute Gasteiger partial charge is 0.248 e. The van der Waals surface area contributed by atoms with Crippen LogP contribution in [0.25, 0.3) is 0 Å². The average molecular weight is 434 g/mol. The quantitative estimate of drug-likeness (QED) is 0.760. The number of ether oxygens (including phenoxy) is 1. The molecular weight excluding hydrogens is 410 g/mol. The van der Waals surface area contributed by atoms with Crippen molar-refractivity contribution in [2.75, 3.05) is 19.6 Å². The molecule has 29 heavy (non-hydrogen) atoms. The number of nitrogens with zero attached hydrogens (tertiary/aromatic N) is 2. The summed E-state index contributed by atoms with van der Waals surface area (Å²) in [4.78, 5) is 30.9. The van der Waals surface area contributed by atoms with Gasteiger partial charge in [-0.15, -0.1) is 11.3 Å². The van der Waals surface area contributed by atoms with E-state index in [0.29, 0.717) is 19.7 Å². The van der Waals surface area contributed by atoms with Gasteiger partial charge in [0.1, 0.15) is 12.1 Å². The average Bonchev–Trinajstić information content (AvgIpc) is 3.14. The molecule has 2 fully saturated rings. The van der Waals surface area contributed by atoms with Crippen molar-refractivity contribution >= 4 is 34.8 Å². The van der Waals surface area contributed by atoms with Crippen LogP contribution in [0, 0.1) is 0 Å². The number of thiophene rings is 1. The highest BCUT2D eigenvalue weighted by Crippen LogP contribution is 2.25. The molecule has 1 N–H and O–H groups in total. The summed E-state index contributed by atoms with van der Waals surface area (Å²) in [5, 5.41) is 2.89. The highest BCUT2D eigenvalue weighted by atomic mass is 35.5. The normalized spacial score (nSPS) is 23.6. The van der Waals surface area contributed by atoms with Crippen molar-refractivity contribution in [2.24, 2.45) is 0 Å². The Hall–Kier alpha value is -1.93. The maximum Gasteiger partial charge on any atom is 0.248 e. The summed E-state index contributed by atoms with van der Waals surface area (Å²) in [7, 11) is 0. The van der Waals surface area contributed by atoms with Crippen molar-refractivity contribution in [1.82, 2.24) is 15.1 Å². The predicted molar refractivity (Wildman–Crippen MR) is 113 cm³/mol. The zero-order valence-corrected chi connectivity index (χ0v) is 17.8.